The summed E-state index contributed by atoms with van der Waals surface area (Å²) in [5.41, 5.74) is 2.95. The average Bonchev–Trinajstić information content (AvgIpc) is 3.32. The summed E-state index contributed by atoms with van der Waals surface area (Å²) >= 11 is 1.40. The summed E-state index contributed by atoms with van der Waals surface area (Å²) in [5, 5.41) is 12.4. The fourth-order valence-electron chi connectivity index (χ4n) is 2.72. The predicted molar refractivity (Wildman–Crippen MR) is 103 cm³/mol. The van der Waals surface area contributed by atoms with E-state index in [1.165, 1.54) is 11.3 Å². The van der Waals surface area contributed by atoms with Gasteiger partial charge in [0.25, 0.3) is 5.91 Å². The third kappa shape index (κ3) is 3.57. The fraction of sp³-hybridized carbons (Fsp3) is 0.263. The molecule has 0 saturated heterocycles. The van der Waals surface area contributed by atoms with E-state index in [-0.39, 0.29) is 5.91 Å². The predicted octanol–water partition coefficient (Wildman–Crippen LogP) is 4.36. The largest absolute Gasteiger partial charge is 0.497 e. The Morgan fingerprint density at radius 1 is 1.27 bits per heavy atom. The monoisotopic (exact) mass is 371 g/mol. The highest BCUT2D eigenvalue weighted by molar-refractivity contribution is 7.12. The molecule has 6 nitrogen and oxygen atoms in total. The molecule has 0 aliphatic carbocycles. The van der Waals surface area contributed by atoms with E-state index in [0.717, 1.165) is 24.1 Å². The number of anilines is 1. The summed E-state index contributed by atoms with van der Waals surface area (Å²) in [7, 11) is 3.22. The summed E-state index contributed by atoms with van der Waals surface area (Å²) in [6.45, 7) is 2.08. The van der Waals surface area contributed by atoms with E-state index < -0.39 is 0 Å². The quantitative estimate of drug-likeness (QED) is 0.647. The summed E-state index contributed by atoms with van der Waals surface area (Å²) in [4.78, 5) is 13.2. The van der Waals surface area contributed by atoms with E-state index in [1.807, 2.05) is 29.6 Å². The molecular formula is C19H21N3O3S. The van der Waals surface area contributed by atoms with Gasteiger partial charge in [-0.05, 0) is 36.1 Å². The Morgan fingerprint density at radius 3 is 2.77 bits per heavy atom. The first kappa shape index (κ1) is 18.0. The lowest BCUT2D eigenvalue weighted by molar-refractivity contribution is 0.103. The van der Waals surface area contributed by atoms with E-state index in [9.17, 15) is 4.79 Å². The molecule has 2 N–H and O–H groups in total. The number of hydrogen-bond donors (Lipinski definition) is 2. The molecule has 0 fully saturated rings. The smallest absolute Gasteiger partial charge is 0.265 e. The molecule has 0 bridgehead atoms. The maximum atomic E-state index is 12.6. The minimum Gasteiger partial charge on any atom is -0.497 e. The number of nitrogens with one attached hydrogen (secondary N) is 2. The molecule has 136 valence electrons. The summed E-state index contributed by atoms with van der Waals surface area (Å²) in [5.74, 6) is 1.20. The first-order valence-corrected chi connectivity index (χ1v) is 9.20. The zero-order valence-electron chi connectivity index (χ0n) is 15.0. The van der Waals surface area contributed by atoms with Gasteiger partial charge in [0.05, 0.1) is 30.5 Å². The van der Waals surface area contributed by atoms with Gasteiger partial charge in [-0.1, -0.05) is 19.4 Å². The van der Waals surface area contributed by atoms with Crippen LogP contribution >= 0.6 is 11.3 Å². The molecule has 1 aromatic carbocycles. The van der Waals surface area contributed by atoms with Crippen LogP contribution in [0.4, 0.5) is 5.69 Å². The van der Waals surface area contributed by atoms with Crippen LogP contribution in [0.5, 0.6) is 11.5 Å². The Balaban J connectivity index is 2.06. The molecule has 0 aliphatic heterocycles. The van der Waals surface area contributed by atoms with Gasteiger partial charge in [0.15, 0.2) is 0 Å². The SMILES string of the molecule is CCCc1[nH]nc(-c2cc(OC)ccc2OC)c1NC(=O)c1cccs1. The maximum absolute atomic E-state index is 12.6. The topological polar surface area (TPSA) is 76.2 Å². The summed E-state index contributed by atoms with van der Waals surface area (Å²) in [6, 6.07) is 9.16. The zero-order chi connectivity index (χ0) is 18.5. The molecule has 0 radical (unpaired) electrons. The lowest BCUT2D eigenvalue weighted by Gasteiger charge is -2.11. The van der Waals surface area contributed by atoms with Gasteiger partial charge in [-0.15, -0.1) is 11.3 Å². The number of amides is 1. The number of thiophene rings is 1. The minimum atomic E-state index is -0.151. The van der Waals surface area contributed by atoms with Crippen molar-refractivity contribution in [2.75, 3.05) is 19.5 Å². The van der Waals surface area contributed by atoms with Crippen LogP contribution in [-0.4, -0.2) is 30.3 Å². The van der Waals surface area contributed by atoms with Gasteiger partial charge in [-0.2, -0.15) is 5.10 Å². The van der Waals surface area contributed by atoms with E-state index in [0.29, 0.717) is 27.8 Å². The number of nitrogens with zero attached hydrogens (tertiary/aromatic N) is 1. The molecule has 0 saturated carbocycles. The van der Waals surface area contributed by atoms with E-state index in [1.54, 1.807) is 20.3 Å². The van der Waals surface area contributed by atoms with Gasteiger partial charge in [0.1, 0.15) is 17.2 Å². The molecule has 7 heteroatoms. The third-order valence-electron chi connectivity index (χ3n) is 3.99. The van der Waals surface area contributed by atoms with Crippen molar-refractivity contribution in [2.45, 2.75) is 19.8 Å². The van der Waals surface area contributed by atoms with Gasteiger partial charge in [0, 0.05) is 5.56 Å². The zero-order valence-corrected chi connectivity index (χ0v) is 15.8. The van der Waals surface area contributed by atoms with Gasteiger partial charge in [0.2, 0.25) is 0 Å². The van der Waals surface area contributed by atoms with Crippen molar-refractivity contribution in [3.8, 4) is 22.8 Å². The van der Waals surface area contributed by atoms with Crippen molar-refractivity contribution in [3.05, 3.63) is 46.3 Å². The lowest BCUT2D eigenvalue weighted by Crippen LogP contribution is -2.12. The second-order valence-corrected chi connectivity index (χ2v) is 6.62. The van der Waals surface area contributed by atoms with Crippen LogP contribution in [0.2, 0.25) is 0 Å². The van der Waals surface area contributed by atoms with E-state index in [4.69, 9.17) is 9.47 Å². The van der Waals surface area contributed by atoms with Gasteiger partial charge >= 0.3 is 0 Å². The Morgan fingerprint density at radius 2 is 2.12 bits per heavy atom. The highest BCUT2D eigenvalue weighted by Gasteiger charge is 2.21. The molecular weight excluding hydrogens is 350 g/mol. The molecule has 2 heterocycles. The Hall–Kier alpha value is -2.80. The molecule has 0 atom stereocenters. The Bertz CT molecular complexity index is 888. The van der Waals surface area contributed by atoms with Crippen LogP contribution in [0.15, 0.2) is 35.7 Å². The van der Waals surface area contributed by atoms with Crippen molar-refractivity contribution in [3.63, 3.8) is 0 Å². The number of aryl methyl sites for hydroxylation is 1. The fourth-order valence-corrected chi connectivity index (χ4v) is 3.34. The van der Waals surface area contributed by atoms with Crippen molar-refractivity contribution in [1.29, 1.82) is 0 Å². The number of H-pyrrole nitrogens is 1. The Kier molecular flexibility index (Phi) is 5.58. The maximum Gasteiger partial charge on any atom is 0.265 e. The summed E-state index contributed by atoms with van der Waals surface area (Å²) in [6.07, 6.45) is 1.71. The van der Waals surface area contributed by atoms with Gasteiger partial charge in [-0.3, -0.25) is 9.89 Å². The average molecular weight is 371 g/mol. The standard InChI is InChI=1S/C19H21N3O3S/c1-4-6-14-18(20-19(23)16-7-5-10-26-16)17(22-21-14)13-11-12(24-2)8-9-15(13)25-3/h5,7-11H,4,6H2,1-3H3,(H,20,23)(H,21,22). The van der Waals surface area contributed by atoms with Crippen LogP contribution in [0.1, 0.15) is 28.7 Å². The molecule has 2 aromatic heterocycles. The third-order valence-corrected chi connectivity index (χ3v) is 4.86. The van der Waals surface area contributed by atoms with Gasteiger partial charge < -0.3 is 14.8 Å². The molecule has 1 amide bonds. The van der Waals surface area contributed by atoms with E-state index >= 15 is 0 Å². The molecule has 0 unspecified atom stereocenters. The first-order valence-electron chi connectivity index (χ1n) is 8.32. The second-order valence-electron chi connectivity index (χ2n) is 5.67. The second kappa shape index (κ2) is 8.05. The lowest BCUT2D eigenvalue weighted by atomic mass is 10.1. The van der Waals surface area contributed by atoms with Crippen LogP contribution in [-0.2, 0) is 6.42 Å². The highest BCUT2D eigenvalue weighted by atomic mass is 32.1. The van der Waals surface area contributed by atoms with Crippen molar-refractivity contribution < 1.29 is 14.3 Å². The number of benzene rings is 1. The van der Waals surface area contributed by atoms with Crippen LogP contribution in [0.25, 0.3) is 11.3 Å². The number of aromatic amines is 1. The number of methoxy groups -OCH3 is 2. The number of ether oxygens (including phenoxy) is 2. The number of hydrogen-bond acceptors (Lipinski definition) is 5. The molecule has 26 heavy (non-hydrogen) atoms. The highest BCUT2D eigenvalue weighted by Crippen LogP contribution is 2.38. The number of carbonyl (C=O) groups is 1. The van der Waals surface area contributed by atoms with Crippen LogP contribution in [0.3, 0.4) is 0 Å². The molecule has 3 rings (SSSR count). The van der Waals surface area contributed by atoms with Crippen LogP contribution < -0.4 is 14.8 Å². The number of aromatic nitrogens is 2. The van der Waals surface area contributed by atoms with Crippen molar-refractivity contribution in [1.82, 2.24) is 10.2 Å². The normalized spacial score (nSPS) is 10.6. The molecule has 0 aliphatic rings. The van der Waals surface area contributed by atoms with E-state index in [2.05, 4.69) is 22.4 Å². The van der Waals surface area contributed by atoms with Crippen LogP contribution in [0, 0.1) is 0 Å². The number of carbonyl (C=O) groups excluding carboxylic acids is 1. The molecule has 3 aromatic rings. The first-order chi connectivity index (χ1) is 12.7. The summed E-state index contributed by atoms with van der Waals surface area (Å²) < 4.78 is 10.8. The van der Waals surface area contributed by atoms with Crippen molar-refractivity contribution >= 4 is 22.9 Å². The number of rotatable bonds is 7. The minimum absolute atomic E-state index is 0.151. The Labute approximate surface area is 156 Å². The van der Waals surface area contributed by atoms with Gasteiger partial charge in [-0.25, -0.2) is 0 Å². The molecule has 0 spiro atoms. The van der Waals surface area contributed by atoms with Crippen molar-refractivity contribution in [2.24, 2.45) is 0 Å².